The van der Waals surface area contributed by atoms with E-state index in [1.165, 1.54) is 0 Å². The molecule has 4 rings (SSSR count). The Hall–Kier alpha value is -2.80. The van der Waals surface area contributed by atoms with E-state index in [-0.39, 0.29) is 18.2 Å². The summed E-state index contributed by atoms with van der Waals surface area (Å²) in [5.74, 6) is 0.824. The number of aliphatic imine (C=N–C) groups is 1. The van der Waals surface area contributed by atoms with Crippen LogP contribution in [0.25, 0.3) is 6.08 Å². The van der Waals surface area contributed by atoms with E-state index in [4.69, 9.17) is 37.4 Å². The van der Waals surface area contributed by atoms with Crippen LogP contribution in [-0.2, 0) is 16.1 Å². The van der Waals surface area contributed by atoms with Crippen molar-refractivity contribution >= 4 is 57.1 Å². The summed E-state index contributed by atoms with van der Waals surface area (Å²) in [6, 6.07) is 18.2. The molecule has 0 aliphatic carbocycles. The zero-order valence-electron chi connectivity index (χ0n) is 17.5. The van der Waals surface area contributed by atoms with Gasteiger partial charge in [0.25, 0.3) is 0 Å². The summed E-state index contributed by atoms with van der Waals surface area (Å²) in [6.07, 6.45) is 1.65. The second kappa shape index (κ2) is 10.4. The van der Waals surface area contributed by atoms with Gasteiger partial charge in [-0.15, -0.1) is 0 Å². The number of nitrogens with zero attached hydrogens (tertiary/aromatic N) is 1. The largest absolute Gasteiger partial charge is 0.490 e. The predicted octanol–water partition coefficient (Wildman–Crippen LogP) is 7.08. The van der Waals surface area contributed by atoms with Crippen LogP contribution in [0, 0.1) is 0 Å². The van der Waals surface area contributed by atoms with Gasteiger partial charge in [0.2, 0.25) is 5.90 Å². The summed E-state index contributed by atoms with van der Waals surface area (Å²) in [5.41, 5.74) is 2.50. The quantitative estimate of drug-likeness (QED) is 0.235. The van der Waals surface area contributed by atoms with Gasteiger partial charge in [-0.05, 0) is 76.5 Å². The Morgan fingerprint density at radius 2 is 1.82 bits per heavy atom. The highest BCUT2D eigenvalue weighted by atomic mass is 79.9. The normalized spacial score (nSPS) is 14.2. The Labute approximate surface area is 209 Å². The SMILES string of the molecule is CCOc1cc(/C=C2\N=C(c3ccccc3)OC2=O)cc(Br)c1OCc1ccc(Cl)c(Cl)c1. The zero-order chi connectivity index (χ0) is 23.4. The summed E-state index contributed by atoms with van der Waals surface area (Å²) in [7, 11) is 0. The summed E-state index contributed by atoms with van der Waals surface area (Å²) in [6.45, 7) is 2.59. The molecule has 0 atom stereocenters. The van der Waals surface area contributed by atoms with Crippen molar-refractivity contribution in [3.63, 3.8) is 0 Å². The van der Waals surface area contributed by atoms with E-state index in [1.54, 1.807) is 24.3 Å². The van der Waals surface area contributed by atoms with Crippen LogP contribution in [0.2, 0.25) is 10.0 Å². The molecule has 0 saturated carbocycles. The number of ether oxygens (including phenoxy) is 3. The van der Waals surface area contributed by atoms with Crippen molar-refractivity contribution in [1.29, 1.82) is 0 Å². The first kappa shape index (κ1) is 23.4. The van der Waals surface area contributed by atoms with Crippen molar-refractivity contribution in [1.82, 2.24) is 0 Å². The van der Waals surface area contributed by atoms with Crippen molar-refractivity contribution in [3.05, 3.63) is 97.6 Å². The van der Waals surface area contributed by atoms with E-state index in [9.17, 15) is 4.79 Å². The Morgan fingerprint density at radius 1 is 1.03 bits per heavy atom. The Morgan fingerprint density at radius 3 is 2.55 bits per heavy atom. The first-order valence-electron chi connectivity index (χ1n) is 10.1. The lowest BCUT2D eigenvalue weighted by atomic mass is 10.1. The molecule has 0 fully saturated rings. The van der Waals surface area contributed by atoms with Gasteiger partial charge in [0, 0.05) is 5.56 Å². The van der Waals surface area contributed by atoms with Gasteiger partial charge in [0.1, 0.15) is 6.61 Å². The average molecular weight is 547 g/mol. The van der Waals surface area contributed by atoms with Crippen LogP contribution >= 0.6 is 39.1 Å². The summed E-state index contributed by atoms with van der Waals surface area (Å²) < 4.78 is 17.8. The number of cyclic esters (lactones) is 1. The number of halogens is 3. The molecule has 1 heterocycles. The Kier molecular flexibility index (Phi) is 7.38. The second-order valence-electron chi connectivity index (χ2n) is 7.00. The molecule has 0 radical (unpaired) electrons. The van der Waals surface area contributed by atoms with Gasteiger partial charge < -0.3 is 14.2 Å². The third-order valence-electron chi connectivity index (χ3n) is 4.64. The summed E-state index contributed by atoms with van der Waals surface area (Å²) >= 11 is 15.6. The first-order chi connectivity index (χ1) is 15.9. The molecule has 8 heteroatoms. The number of carbonyl (C=O) groups is 1. The highest BCUT2D eigenvalue weighted by Crippen LogP contribution is 2.38. The zero-order valence-corrected chi connectivity index (χ0v) is 20.6. The molecule has 3 aromatic rings. The minimum atomic E-state index is -0.511. The molecule has 0 unspecified atom stereocenters. The molecule has 1 aliphatic heterocycles. The fourth-order valence-corrected chi connectivity index (χ4v) is 4.03. The van der Waals surface area contributed by atoms with Crippen molar-refractivity contribution < 1.29 is 19.0 Å². The number of hydrogen-bond donors (Lipinski definition) is 0. The van der Waals surface area contributed by atoms with E-state index >= 15 is 0 Å². The third-order valence-corrected chi connectivity index (χ3v) is 5.97. The molecule has 168 valence electrons. The molecule has 0 aromatic heterocycles. The molecule has 0 spiro atoms. The van der Waals surface area contributed by atoms with Gasteiger partial charge in [-0.1, -0.05) is 47.5 Å². The molecule has 0 N–H and O–H groups in total. The molecule has 3 aromatic carbocycles. The van der Waals surface area contributed by atoms with Gasteiger partial charge in [-0.2, -0.15) is 0 Å². The summed E-state index contributed by atoms with van der Waals surface area (Å²) in [4.78, 5) is 16.7. The molecular weight excluding hydrogens is 529 g/mol. The van der Waals surface area contributed by atoms with Gasteiger partial charge in [0.15, 0.2) is 17.2 Å². The molecular formula is C25H18BrCl2NO4. The minimum absolute atomic E-state index is 0.202. The van der Waals surface area contributed by atoms with Crippen molar-refractivity contribution in [2.75, 3.05) is 6.61 Å². The Bertz CT molecular complexity index is 1260. The maximum atomic E-state index is 12.3. The lowest BCUT2D eigenvalue weighted by Crippen LogP contribution is -2.05. The fraction of sp³-hybridized carbons (Fsp3) is 0.120. The Balaban J connectivity index is 1.60. The number of carbonyl (C=O) groups excluding carboxylic acids is 1. The standard InChI is InChI=1S/C25H18BrCl2NO4/c1-2-31-22-13-16(12-21-25(30)33-24(29-21)17-6-4-3-5-7-17)10-18(26)23(22)32-14-15-8-9-19(27)20(28)11-15/h3-13H,2,14H2,1H3/b21-12-. The highest BCUT2D eigenvalue weighted by Gasteiger charge is 2.24. The van der Waals surface area contributed by atoms with Crippen LogP contribution in [-0.4, -0.2) is 18.5 Å². The third kappa shape index (κ3) is 5.58. The van der Waals surface area contributed by atoms with Gasteiger partial charge in [-0.3, -0.25) is 0 Å². The number of rotatable bonds is 7. The average Bonchev–Trinajstić information content (AvgIpc) is 3.16. The van der Waals surface area contributed by atoms with Crippen molar-refractivity contribution in [3.8, 4) is 11.5 Å². The van der Waals surface area contributed by atoms with Crippen molar-refractivity contribution in [2.45, 2.75) is 13.5 Å². The van der Waals surface area contributed by atoms with E-state index in [0.717, 1.165) is 11.1 Å². The molecule has 33 heavy (non-hydrogen) atoms. The second-order valence-corrected chi connectivity index (χ2v) is 8.67. The van der Waals surface area contributed by atoms with Gasteiger partial charge in [0.05, 0.1) is 21.1 Å². The van der Waals surface area contributed by atoms with E-state index in [2.05, 4.69) is 20.9 Å². The topological polar surface area (TPSA) is 57.1 Å². The highest BCUT2D eigenvalue weighted by molar-refractivity contribution is 9.10. The van der Waals surface area contributed by atoms with E-state index in [0.29, 0.717) is 38.2 Å². The van der Waals surface area contributed by atoms with Crippen LogP contribution in [0.5, 0.6) is 11.5 Å². The maximum Gasteiger partial charge on any atom is 0.363 e. The van der Waals surface area contributed by atoms with Crippen LogP contribution < -0.4 is 9.47 Å². The van der Waals surface area contributed by atoms with Gasteiger partial charge >= 0.3 is 5.97 Å². The van der Waals surface area contributed by atoms with Crippen LogP contribution in [0.4, 0.5) is 0 Å². The van der Waals surface area contributed by atoms with Crippen LogP contribution in [0.15, 0.2) is 75.8 Å². The first-order valence-corrected chi connectivity index (χ1v) is 11.6. The number of hydrogen-bond acceptors (Lipinski definition) is 5. The smallest absolute Gasteiger partial charge is 0.363 e. The molecule has 0 saturated heterocycles. The predicted molar refractivity (Wildman–Crippen MR) is 133 cm³/mol. The molecule has 5 nitrogen and oxygen atoms in total. The fourth-order valence-electron chi connectivity index (χ4n) is 3.13. The number of benzene rings is 3. The van der Waals surface area contributed by atoms with Crippen LogP contribution in [0.1, 0.15) is 23.6 Å². The van der Waals surface area contributed by atoms with E-state index < -0.39 is 5.97 Å². The monoisotopic (exact) mass is 545 g/mol. The minimum Gasteiger partial charge on any atom is -0.490 e. The molecule has 0 amide bonds. The maximum absolute atomic E-state index is 12.3. The number of esters is 1. The van der Waals surface area contributed by atoms with Crippen LogP contribution in [0.3, 0.4) is 0 Å². The van der Waals surface area contributed by atoms with Gasteiger partial charge in [-0.25, -0.2) is 9.79 Å². The van der Waals surface area contributed by atoms with E-state index in [1.807, 2.05) is 49.4 Å². The molecule has 0 bridgehead atoms. The molecule has 1 aliphatic rings. The van der Waals surface area contributed by atoms with Crippen molar-refractivity contribution in [2.24, 2.45) is 4.99 Å². The lowest BCUT2D eigenvalue weighted by molar-refractivity contribution is -0.129. The lowest BCUT2D eigenvalue weighted by Gasteiger charge is -2.15. The summed E-state index contributed by atoms with van der Waals surface area (Å²) in [5, 5.41) is 0.945.